The highest BCUT2D eigenvalue weighted by Gasteiger charge is 2.09. The smallest absolute Gasteiger partial charge is 0.322 e. The number of halogens is 3. The highest BCUT2D eigenvalue weighted by Crippen LogP contribution is 2.10. The number of carbonyl (C=O) groups excluding carboxylic acids is 1. The van der Waals surface area contributed by atoms with E-state index >= 15 is 0 Å². The summed E-state index contributed by atoms with van der Waals surface area (Å²) < 4.78 is 25.7. The molecule has 0 saturated carbocycles. The number of nitrogens with zero attached hydrogens (tertiary/aromatic N) is 1. The fourth-order valence-electron chi connectivity index (χ4n) is 1.48. The van der Waals surface area contributed by atoms with Gasteiger partial charge in [-0.1, -0.05) is 6.07 Å². The molecule has 1 aromatic carbocycles. The number of nitrogens with one attached hydrogen (secondary N) is 1. The molecule has 0 aliphatic heterocycles. The van der Waals surface area contributed by atoms with Crippen molar-refractivity contribution < 1.29 is 23.5 Å². The van der Waals surface area contributed by atoms with Crippen LogP contribution in [0.5, 0.6) is 0 Å². The van der Waals surface area contributed by atoms with Crippen molar-refractivity contribution in [3.63, 3.8) is 0 Å². The van der Waals surface area contributed by atoms with E-state index in [4.69, 9.17) is 5.11 Å². The molecule has 20 heavy (non-hydrogen) atoms. The van der Waals surface area contributed by atoms with Crippen LogP contribution in [0.4, 0.5) is 8.78 Å². The monoisotopic (exact) mass is 308 g/mol. The van der Waals surface area contributed by atoms with Crippen LogP contribution >= 0.6 is 12.4 Å². The summed E-state index contributed by atoms with van der Waals surface area (Å²) in [6, 6.07) is 3.49. The van der Waals surface area contributed by atoms with E-state index in [1.807, 2.05) is 0 Å². The molecule has 0 aromatic heterocycles. The van der Waals surface area contributed by atoms with Gasteiger partial charge in [-0.25, -0.2) is 8.78 Å². The number of hydrogen-bond donors (Lipinski definition) is 2. The van der Waals surface area contributed by atoms with Crippen molar-refractivity contribution >= 4 is 24.3 Å². The van der Waals surface area contributed by atoms with Crippen LogP contribution in [0.25, 0.3) is 0 Å². The summed E-state index contributed by atoms with van der Waals surface area (Å²) in [6.07, 6.45) is 0. The normalized spacial score (nSPS) is 10.0. The zero-order valence-electron chi connectivity index (χ0n) is 10.7. The predicted octanol–water partition coefficient (Wildman–Crippen LogP) is 1.02. The Bertz CT molecular complexity index is 486. The molecule has 8 heteroatoms. The number of rotatable bonds is 6. The van der Waals surface area contributed by atoms with Crippen molar-refractivity contribution in [2.75, 3.05) is 20.1 Å². The average molecular weight is 309 g/mol. The number of carbonyl (C=O) groups is 2. The van der Waals surface area contributed by atoms with Crippen molar-refractivity contribution in [1.82, 2.24) is 10.2 Å². The maximum atomic E-state index is 13.0. The summed E-state index contributed by atoms with van der Waals surface area (Å²) >= 11 is 0. The third-order valence-corrected chi connectivity index (χ3v) is 2.29. The second-order valence-electron chi connectivity index (χ2n) is 4.09. The molecule has 1 aromatic rings. The van der Waals surface area contributed by atoms with E-state index in [0.717, 1.165) is 12.1 Å². The van der Waals surface area contributed by atoms with Crippen molar-refractivity contribution in [1.29, 1.82) is 0 Å². The molecule has 0 aliphatic carbocycles. The lowest BCUT2D eigenvalue weighted by atomic mass is 10.2. The van der Waals surface area contributed by atoms with E-state index < -0.39 is 30.1 Å². The highest BCUT2D eigenvalue weighted by molar-refractivity contribution is 5.85. The van der Waals surface area contributed by atoms with Crippen molar-refractivity contribution in [2.24, 2.45) is 0 Å². The largest absolute Gasteiger partial charge is 0.480 e. The molecular formula is C12H15ClF2N2O3. The standard InChI is InChI=1S/C12H14F2N2O3.ClH/c1-16(7-11(17)15-5-12(18)19)6-8-2-3-9(13)10(14)4-8;/h2-4H,5-7H2,1H3,(H,15,17)(H,18,19);1H. The molecule has 0 aliphatic rings. The lowest BCUT2D eigenvalue weighted by molar-refractivity contribution is -0.138. The van der Waals surface area contributed by atoms with Crippen LogP contribution in [0.2, 0.25) is 0 Å². The van der Waals surface area contributed by atoms with E-state index in [-0.39, 0.29) is 25.5 Å². The molecule has 2 N–H and O–H groups in total. The molecule has 0 heterocycles. The molecular weight excluding hydrogens is 294 g/mol. The first-order chi connectivity index (χ1) is 8.88. The fourth-order valence-corrected chi connectivity index (χ4v) is 1.48. The molecule has 0 bridgehead atoms. The summed E-state index contributed by atoms with van der Waals surface area (Å²) in [5, 5.41) is 10.6. The second kappa shape index (κ2) is 8.44. The maximum absolute atomic E-state index is 13.0. The number of benzene rings is 1. The van der Waals surface area contributed by atoms with E-state index in [0.29, 0.717) is 5.56 Å². The molecule has 0 radical (unpaired) electrons. The van der Waals surface area contributed by atoms with Gasteiger partial charge in [0.25, 0.3) is 0 Å². The Morgan fingerprint density at radius 2 is 1.95 bits per heavy atom. The van der Waals surface area contributed by atoms with Gasteiger partial charge in [0.15, 0.2) is 11.6 Å². The van der Waals surface area contributed by atoms with Crippen LogP contribution in [0.1, 0.15) is 5.56 Å². The molecule has 1 rings (SSSR count). The average Bonchev–Trinajstić information content (AvgIpc) is 2.31. The van der Waals surface area contributed by atoms with Crippen molar-refractivity contribution in [3.8, 4) is 0 Å². The SMILES string of the molecule is CN(CC(=O)NCC(=O)O)Cc1ccc(F)c(F)c1.Cl. The molecule has 112 valence electrons. The number of aliphatic carboxylic acids is 1. The Morgan fingerprint density at radius 3 is 2.50 bits per heavy atom. The summed E-state index contributed by atoms with van der Waals surface area (Å²) in [5.74, 6) is -3.45. The maximum Gasteiger partial charge on any atom is 0.322 e. The molecule has 1 amide bonds. The Labute approximate surface area is 121 Å². The minimum atomic E-state index is -1.13. The molecule has 0 fully saturated rings. The van der Waals surface area contributed by atoms with Gasteiger partial charge < -0.3 is 10.4 Å². The number of hydrogen-bond acceptors (Lipinski definition) is 3. The van der Waals surface area contributed by atoms with Crippen LogP contribution in [0, 0.1) is 11.6 Å². The van der Waals surface area contributed by atoms with Gasteiger partial charge in [0.1, 0.15) is 6.54 Å². The molecule has 0 spiro atoms. The number of likely N-dealkylation sites (N-methyl/N-ethyl adjacent to an activating group) is 1. The van der Waals surface area contributed by atoms with E-state index in [1.54, 1.807) is 11.9 Å². The Hall–Kier alpha value is -1.73. The van der Waals surface area contributed by atoms with Gasteiger partial charge >= 0.3 is 5.97 Å². The summed E-state index contributed by atoms with van der Waals surface area (Å²) in [4.78, 5) is 23.1. The quantitative estimate of drug-likeness (QED) is 0.823. The lowest BCUT2D eigenvalue weighted by Gasteiger charge is -2.16. The van der Waals surface area contributed by atoms with Crippen LogP contribution in [-0.4, -0.2) is 42.0 Å². The summed E-state index contributed by atoms with van der Waals surface area (Å²) in [7, 11) is 1.61. The number of carboxylic acid groups (broad SMARTS) is 1. The van der Waals surface area contributed by atoms with E-state index in [1.165, 1.54) is 6.07 Å². The van der Waals surface area contributed by atoms with E-state index in [9.17, 15) is 18.4 Å². The molecule has 5 nitrogen and oxygen atoms in total. The summed E-state index contributed by atoms with van der Waals surface area (Å²) in [6.45, 7) is -0.234. The second-order valence-corrected chi connectivity index (χ2v) is 4.09. The minimum Gasteiger partial charge on any atom is -0.480 e. The van der Waals surface area contributed by atoms with Crippen LogP contribution < -0.4 is 5.32 Å². The third-order valence-electron chi connectivity index (χ3n) is 2.29. The van der Waals surface area contributed by atoms with Crippen molar-refractivity contribution in [3.05, 3.63) is 35.4 Å². The van der Waals surface area contributed by atoms with Crippen LogP contribution in [0.15, 0.2) is 18.2 Å². The Kier molecular flexibility index (Phi) is 7.71. The first-order valence-electron chi connectivity index (χ1n) is 5.49. The fraction of sp³-hybridized carbons (Fsp3) is 0.333. The lowest BCUT2D eigenvalue weighted by Crippen LogP contribution is -2.37. The Morgan fingerprint density at radius 1 is 1.30 bits per heavy atom. The third kappa shape index (κ3) is 6.44. The van der Waals surface area contributed by atoms with Gasteiger partial charge in [0, 0.05) is 6.54 Å². The number of amides is 1. The number of carboxylic acids is 1. The van der Waals surface area contributed by atoms with Gasteiger partial charge in [-0.15, -0.1) is 12.4 Å². The molecule has 0 saturated heterocycles. The van der Waals surface area contributed by atoms with Gasteiger partial charge in [-0.2, -0.15) is 0 Å². The van der Waals surface area contributed by atoms with Gasteiger partial charge in [-0.05, 0) is 24.7 Å². The predicted molar refractivity (Wildman–Crippen MR) is 70.6 cm³/mol. The topological polar surface area (TPSA) is 69.6 Å². The van der Waals surface area contributed by atoms with Crippen LogP contribution in [-0.2, 0) is 16.1 Å². The summed E-state index contributed by atoms with van der Waals surface area (Å²) in [5.41, 5.74) is 0.521. The van der Waals surface area contributed by atoms with Gasteiger partial charge in [0.2, 0.25) is 5.91 Å². The van der Waals surface area contributed by atoms with E-state index in [2.05, 4.69) is 5.32 Å². The van der Waals surface area contributed by atoms with Crippen molar-refractivity contribution in [2.45, 2.75) is 6.54 Å². The van der Waals surface area contributed by atoms with Gasteiger partial charge in [-0.3, -0.25) is 14.5 Å². The van der Waals surface area contributed by atoms with Gasteiger partial charge in [0.05, 0.1) is 6.54 Å². The zero-order valence-corrected chi connectivity index (χ0v) is 11.5. The Balaban J connectivity index is 0.00000361. The molecule has 0 atom stereocenters. The highest BCUT2D eigenvalue weighted by atomic mass is 35.5. The van der Waals surface area contributed by atoms with Crippen LogP contribution in [0.3, 0.4) is 0 Å². The zero-order chi connectivity index (χ0) is 14.4. The first-order valence-corrected chi connectivity index (χ1v) is 5.49. The minimum absolute atomic E-state index is 0. The molecule has 0 unspecified atom stereocenters. The first kappa shape index (κ1) is 18.3.